The maximum absolute atomic E-state index is 12.5. The predicted molar refractivity (Wildman–Crippen MR) is 89.1 cm³/mol. The van der Waals surface area contributed by atoms with Gasteiger partial charge in [-0.3, -0.25) is 29.7 Å². The number of ether oxygens (including phenoxy) is 1. The summed E-state index contributed by atoms with van der Waals surface area (Å²) in [6.07, 6.45) is 1.47. The number of nitro benzene ring substituents is 1. The third-order valence-electron chi connectivity index (χ3n) is 4.59. The van der Waals surface area contributed by atoms with Crippen LogP contribution in [-0.2, 0) is 4.79 Å². The molecule has 0 radical (unpaired) electrons. The van der Waals surface area contributed by atoms with Gasteiger partial charge in [0.05, 0.1) is 16.4 Å². The molecule has 1 aromatic heterocycles. The number of allylic oxidation sites excluding steroid dienone is 2. The SMILES string of the molecule is O=C1CCCC2=C1C(c1ccc([N+](=O)[O-])cc1)c1c([nH]c(=O)[nH]c1=O)O2. The first-order chi connectivity index (χ1) is 12.5. The van der Waals surface area contributed by atoms with Crippen molar-refractivity contribution in [2.45, 2.75) is 25.2 Å². The van der Waals surface area contributed by atoms with Crippen molar-refractivity contribution in [3.63, 3.8) is 0 Å². The number of carbonyl (C=O) groups is 1. The van der Waals surface area contributed by atoms with Gasteiger partial charge in [-0.15, -0.1) is 0 Å². The molecule has 9 heteroatoms. The molecule has 0 saturated carbocycles. The number of non-ortho nitro benzene ring substituents is 1. The van der Waals surface area contributed by atoms with Crippen LogP contribution in [-0.4, -0.2) is 20.7 Å². The Morgan fingerprint density at radius 2 is 1.81 bits per heavy atom. The number of nitro groups is 1. The van der Waals surface area contributed by atoms with Crippen molar-refractivity contribution in [1.82, 2.24) is 9.97 Å². The molecule has 1 aliphatic heterocycles. The highest BCUT2D eigenvalue weighted by molar-refractivity contribution is 5.99. The third-order valence-corrected chi connectivity index (χ3v) is 4.59. The molecular weight excluding hydrogens is 342 g/mol. The van der Waals surface area contributed by atoms with Gasteiger partial charge in [0.25, 0.3) is 11.2 Å². The lowest BCUT2D eigenvalue weighted by Crippen LogP contribution is -2.34. The molecule has 9 nitrogen and oxygen atoms in total. The lowest BCUT2D eigenvalue weighted by Gasteiger charge is -2.31. The van der Waals surface area contributed by atoms with Crippen LogP contribution in [0.25, 0.3) is 0 Å². The highest BCUT2D eigenvalue weighted by Gasteiger charge is 2.39. The fourth-order valence-electron chi connectivity index (χ4n) is 3.47. The molecule has 132 valence electrons. The molecule has 2 heterocycles. The van der Waals surface area contributed by atoms with Crippen molar-refractivity contribution in [2.75, 3.05) is 0 Å². The van der Waals surface area contributed by atoms with Crippen LogP contribution >= 0.6 is 0 Å². The summed E-state index contributed by atoms with van der Waals surface area (Å²) in [5, 5.41) is 10.9. The predicted octanol–water partition coefficient (Wildman–Crippen LogP) is 1.50. The highest BCUT2D eigenvalue weighted by Crippen LogP contribution is 2.44. The van der Waals surface area contributed by atoms with Gasteiger partial charge < -0.3 is 4.74 Å². The van der Waals surface area contributed by atoms with E-state index in [1.54, 1.807) is 0 Å². The summed E-state index contributed by atoms with van der Waals surface area (Å²) in [7, 11) is 0. The van der Waals surface area contributed by atoms with Crippen molar-refractivity contribution in [2.24, 2.45) is 0 Å². The van der Waals surface area contributed by atoms with E-state index in [0.717, 1.165) is 0 Å². The number of hydrogen-bond acceptors (Lipinski definition) is 6. The normalized spacial score (nSPS) is 18.8. The maximum atomic E-state index is 12.5. The number of carbonyl (C=O) groups excluding carboxylic acids is 1. The monoisotopic (exact) mass is 355 g/mol. The van der Waals surface area contributed by atoms with E-state index >= 15 is 0 Å². The van der Waals surface area contributed by atoms with E-state index in [0.29, 0.717) is 36.2 Å². The van der Waals surface area contributed by atoms with Gasteiger partial charge in [-0.05, 0) is 12.0 Å². The van der Waals surface area contributed by atoms with Crippen molar-refractivity contribution in [3.8, 4) is 5.88 Å². The largest absolute Gasteiger partial charge is 0.444 e. The van der Waals surface area contributed by atoms with Gasteiger partial charge >= 0.3 is 5.69 Å². The zero-order valence-electron chi connectivity index (χ0n) is 13.4. The first-order valence-corrected chi connectivity index (χ1v) is 8.00. The summed E-state index contributed by atoms with van der Waals surface area (Å²) in [6, 6.07) is 5.65. The molecule has 4 rings (SSSR count). The second-order valence-corrected chi connectivity index (χ2v) is 6.15. The van der Waals surface area contributed by atoms with Crippen LogP contribution in [0.15, 0.2) is 45.2 Å². The van der Waals surface area contributed by atoms with E-state index in [2.05, 4.69) is 9.97 Å². The van der Waals surface area contributed by atoms with Gasteiger partial charge in [-0.1, -0.05) is 12.1 Å². The molecule has 26 heavy (non-hydrogen) atoms. The number of benzene rings is 1. The molecule has 0 saturated heterocycles. The molecule has 2 aliphatic rings. The number of aromatic nitrogens is 2. The molecule has 1 aliphatic carbocycles. The Hall–Kier alpha value is -3.49. The van der Waals surface area contributed by atoms with Crippen molar-refractivity contribution >= 4 is 11.5 Å². The first-order valence-electron chi connectivity index (χ1n) is 8.00. The number of nitrogens with zero attached hydrogens (tertiary/aromatic N) is 1. The zero-order valence-corrected chi connectivity index (χ0v) is 13.4. The standard InChI is InChI=1S/C17H13N3O6/c21-10-2-1-3-11-13(10)12(8-4-6-9(7-5-8)20(24)25)14-15(22)18-17(23)19-16(14)26-11/h4-7,12H,1-3H2,(H2,18,19,22,23). The second-order valence-electron chi connectivity index (χ2n) is 6.15. The quantitative estimate of drug-likeness (QED) is 0.619. The number of ketones is 1. The minimum Gasteiger partial charge on any atom is -0.444 e. The van der Waals surface area contributed by atoms with Crippen LogP contribution in [0.1, 0.15) is 36.3 Å². The van der Waals surface area contributed by atoms with Gasteiger partial charge in [-0.2, -0.15) is 0 Å². The molecule has 2 N–H and O–H groups in total. The van der Waals surface area contributed by atoms with E-state index in [9.17, 15) is 24.5 Å². The Morgan fingerprint density at radius 1 is 1.08 bits per heavy atom. The van der Waals surface area contributed by atoms with Crippen LogP contribution in [0.2, 0.25) is 0 Å². The van der Waals surface area contributed by atoms with Crippen LogP contribution in [0.5, 0.6) is 5.88 Å². The second kappa shape index (κ2) is 5.80. The van der Waals surface area contributed by atoms with Gasteiger partial charge in [0.1, 0.15) is 5.76 Å². The number of aromatic amines is 2. The van der Waals surface area contributed by atoms with E-state index in [-0.39, 0.29) is 22.9 Å². The number of Topliss-reactive ketones (excluding diaryl/α,β-unsaturated/α-hetero) is 1. The van der Waals surface area contributed by atoms with Crippen molar-refractivity contribution in [3.05, 3.63) is 77.7 Å². The van der Waals surface area contributed by atoms with E-state index in [1.165, 1.54) is 24.3 Å². The molecule has 1 atom stereocenters. The average molecular weight is 355 g/mol. The molecule has 1 aromatic carbocycles. The molecule has 0 bridgehead atoms. The fraction of sp³-hybridized carbons (Fsp3) is 0.235. The Morgan fingerprint density at radius 3 is 2.50 bits per heavy atom. The molecular formula is C17H13N3O6. The topological polar surface area (TPSA) is 135 Å². The summed E-state index contributed by atoms with van der Waals surface area (Å²) in [5.41, 5.74) is -0.428. The Kier molecular flexibility index (Phi) is 3.57. The number of H-pyrrole nitrogens is 2. The molecule has 0 spiro atoms. The third kappa shape index (κ3) is 2.44. The Labute approximate surface area is 145 Å². The fourth-order valence-corrected chi connectivity index (χ4v) is 3.47. The summed E-state index contributed by atoms with van der Waals surface area (Å²) >= 11 is 0. The Balaban J connectivity index is 1.96. The number of nitrogens with one attached hydrogen (secondary N) is 2. The minimum absolute atomic E-state index is 0.00977. The molecule has 1 unspecified atom stereocenters. The number of rotatable bonds is 2. The van der Waals surface area contributed by atoms with E-state index in [1.807, 2.05) is 0 Å². The maximum Gasteiger partial charge on any atom is 0.328 e. The van der Waals surface area contributed by atoms with Crippen molar-refractivity contribution < 1.29 is 14.5 Å². The number of fused-ring (bicyclic) bond motifs is 1. The minimum atomic E-state index is -0.747. The summed E-state index contributed by atoms with van der Waals surface area (Å²) < 4.78 is 5.66. The zero-order chi connectivity index (χ0) is 18.4. The first kappa shape index (κ1) is 16.0. The molecule has 0 amide bonds. The number of hydrogen-bond donors (Lipinski definition) is 2. The van der Waals surface area contributed by atoms with Gasteiger partial charge in [-0.25, -0.2) is 4.79 Å². The summed E-state index contributed by atoms with van der Waals surface area (Å²) in [4.78, 5) is 51.5. The van der Waals surface area contributed by atoms with Crippen LogP contribution < -0.4 is 16.0 Å². The molecule has 2 aromatic rings. The Bertz CT molecular complexity index is 1080. The highest BCUT2D eigenvalue weighted by atomic mass is 16.6. The lowest BCUT2D eigenvalue weighted by atomic mass is 9.78. The molecule has 0 fully saturated rings. The van der Waals surface area contributed by atoms with Gasteiger partial charge in [0.15, 0.2) is 5.78 Å². The van der Waals surface area contributed by atoms with Gasteiger partial charge in [0, 0.05) is 30.5 Å². The smallest absolute Gasteiger partial charge is 0.328 e. The summed E-state index contributed by atoms with van der Waals surface area (Å²) in [6.45, 7) is 0. The van der Waals surface area contributed by atoms with E-state index < -0.39 is 22.1 Å². The van der Waals surface area contributed by atoms with Crippen molar-refractivity contribution in [1.29, 1.82) is 0 Å². The van der Waals surface area contributed by atoms with Crippen LogP contribution in [0.3, 0.4) is 0 Å². The lowest BCUT2D eigenvalue weighted by molar-refractivity contribution is -0.384. The van der Waals surface area contributed by atoms with E-state index in [4.69, 9.17) is 4.74 Å². The van der Waals surface area contributed by atoms with Crippen LogP contribution in [0.4, 0.5) is 5.69 Å². The summed E-state index contributed by atoms with van der Waals surface area (Å²) in [5.74, 6) is -0.442. The van der Waals surface area contributed by atoms with Gasteiger partial charge in [0.2, 0.25) is 5.88 Å². The average Bonchev–Trinajstić information content (AvgIpc) is 2.60. The van der Waals surface area contributed by atoms with Crippen LogP contribution in [0, 0.1) is 10.1 Å².